The fraction of sp³-hybridized carbons (Fsp3) is 0.444. The molecule has 2 heterocycles. The van der Waals surface area contributed by atoms with E-state index in [0.717, 1.165) is 18.8 Å². The first-order valence-corrected chi connectivity index (χ1v) is 4.39. The van der Waals surface area contributed by atoms with Gasteiger partial charge in [-0.2, -0.15) is 0 Å². The second-order valence-corrected chi connectivity index (χ2v) is 3.41. The Morgan fingerprint density at radius 3 is 2.62 bits per heavy atom. The molecule has 13 heavy (non-hydrogen) atoms. The van der Waals surface area contributed by atoms with Gasteiger partial charge in [0.15, 0.2) is 0 Å². The zero-order chi connectivity index (χ0) is 9.42. The van der Waals surface area contributed by atoms with Crippen molar-refractivity contribution in [1.29, 1.82) is 0 Å². The van der Waals surface area contributed by atoms with Crippen molar-refractivity contribution in [2.24, 2.45) is 7.05 Å². The van der Waals surface area contributed by atoms with Crippen LogP contribution < -0.4 is 16.2 Å². The number of hydrogen-bond donors (Lipinski definition) is 1. The summed E-state index contributed by atoms with van der Waals surface area (Å²) in [4.78, 5) is 13.5. The van der Waals surface area contributed by atoms with E-state index < -0.39 is 0 Å². The Morgan fingerprint density at radius 1 is 1.46 bits per heavy atom. The van der Waals surface area contributed by atoms with Gasteiger partial charge in [0.1, 0.15) is 0 Å². The van der Waals surface area contributed by atoms with Crippen molar-refractivity contribution in [3.8, 4) is 0 Å². The summed E-state index contributed by atoms with van der Waals surface area (Å²) in [5.74, 6) is 0. The van der Waals surface area contributed by atoms with Crippen LogP contribution in [0, 0.1) is 0 Å². The molecule has 2 rings (SSSR count). The SMILES string of the molecule is Cn1cc(N2CCC2)cc(N)c1=O. The Morgan fingerprint density at radius 2 is 2.15 bits per heavy atom. The lowest BCUT2D eigenvalue weighted by Crippen LogP contribution is -2.38. The summed E-state index contributed by atoms with van der Waals surface area (Å²) >= 11 is 0. The minimum atomic E-state index is -0.121. The molecule has 0 radical (unpaired) electrons. The minimum Gasteiger partial charge on any atom is -0.394 e. The van der Waals surface area contributed by atoms with E-state index in [1.54, 1.807) is 13.1 Å². The average Bonchev–Trinajstić information content (AvgIpc) is 1.96. The van der Waals surface area contributed by atoms with E-state index in [-0.39, 0.29) is 5.56 Å². The van der Waals surface area contributed by atoms with Gasteiger partial charge in [0, 0.05) is 26.3 Å². The van der Waals surface area contributed by atoms with Gasteiger partial charge in [0.25, 0.3) is 5.56 Å². The zero-order valence-corrected chi connectivity index (χ0v) is 7.66. The Kier molecular flexibility index (Phi) is 1.76. The number of aromatic nitrogens is 1. The summed E-state index contributed by atoms with van der Waals surface area (Å²) < 4.78 is 1.53. The Bertz CT molecular complexity index is 353. The topological polar surface area (TPSA) is 51.3 Å². The predicted molar refractivity (Wildman–Crippen MR) is 52.9 cm³/mol. The number of aryl methyl sites for hydroxylation is 1. The molecule has 2 N–H and O–H groups in total. The number of nitrogens with zero attached hydrogens (tertiary/aromatic N) is 2. The van der Waals surface area contributed by atoms with Gasteiger partial charge in [0.05, 0.1) is 11.4 Å². The quantitative estimate of drug-likeness (QED) is 0.669. The van der Waals surface area contributed by atoms with Gasteiger partial charge in [-0.15, -0.1) is 0 Å². The normalized spacial score (nSPS) is 15.6. The predicted octanol–water partition coefficient (Wildman–Crippen LogP) is 0.178. The number of nitrogens with two attached hydrogens (primary N) is 1. The second kappa shape index (κ2) is 2.80. The number of rotatable bonds is 1. The number of hydrogen-bond acceptors (Lipinski definition) is 3. The number of anilines is 2. The van der Waals surface area contributed by atoms with Crippen LogP contribution in [-0.2, 0) is 7.05 Å². The summed E-state index contributed by atoms with van der Waals surface area (Å²) in [6, 6.07) is 1.75. The first kappa shape index (κ1) is 8.16. The van der Waals surface area contributed by atoms with Crippen LogP contribution in [-0.4, -0.2) is 17.7 Å². The van der Waals surface area contributed by atoms with Crippen molar-refractivity contribution in [3.05, 3.63) is 22.6 Å². The maximum Gasteiger partial charge on any atom is 0.273 e. The summed E-state index contributed by atoms with van der Waals surface area (Å²) in [5, 5.41) is 0. The fourth-order valence-electron chi connectivity index (χ4n) is 1.47. The van der Waals surface area contributed by atoms with Crippen LogP contribution in [0.25, 0.3) is 0 Å². The molecule has 0 aromatic carbocycles. The summed E-state index contributed by atoms with van der Waals surface area (Å²) in [6.07, 6.45) is 3.06. The number of nitrogen functional groups attached to an aromatic ring is 1. The van der Waals surface area contributed by atoms with Crippen molar-refractivity contribution in [3.63, 3.8) is 0 Å². The van der Waals surface area contributed by atoms with Gasteiger partial charge in [-0.3, -0.25) is 4.79 Å². The van der Waals surface area contributed by atoms with Crippen molar-refractivity contribution in [2.45, 2.75) is 6.42 Å². The van der Waals surface area contributed by atoms with E-state index in [4.69, 9.17) is 5.73 Å². The molecule has 0 atom stereocenters. The first-order valence-electron chi connectivity index (χ1n) is 4.39. The largest absolute Gasteiger partial charge is 0.394 e. The fourth-order valence-corrected chi connectivity index (χ4v) is 1.47. The van der Waals surface area contributed by atoms with Crippen LogP contribution in [0.5, 0.6) is 0 Å². The summed E-state index contributed by atoms with van der Waals surface area (Å²) in [5.41, 5.74) is 6.83. The van der Waals surface area contributed by atoms with Crippen molar-refractivity contribution >= 4 is 11.4 Å². The van der Waals surface area contributed by atoms with E-state index in [1.165, 1.54) is 11.0 Å². The van der Waals surface area contributed by atoms with Crippen LogP contribution in [0.1, 0.15) is 6.42 Å². The molecule has 1 aromatic rings. The smallest absolute Gasteiger partial charge is 0.273 e. The molecule has 0 bridgehead atoms. The molecule has 4 heteroatoms. The Balaban J connectivity index is 2.43. The highest BCUT2D eigenvalue weighted by molar-refractivity contribution is 5.54. The molecule has 0 saturated carbocycles. The molecule has 70 valence electrons. The molecule has 4 nitrogen and oxygen atoms in total. The summed E-state index contributed by atoms with van der Waals surface area (Å²) in [6.45, 7) is 2.13. The van der Waals surface area contributed by atoms with E-state index >= 15 is 0 Å². The molecular weight excluding hydrogens is 166 g/mol. The molecule has 0 spiro atoms. The van der Waals surface area contributed by atoms with E-state index in [9.17, 15) is 4.79 Å². The Hall–Kier alpha value is -1.45. The first-order chi connectivity index (χ1) is 6.18. The highest BCUT2D eigenvalue weighted by Crippen LogP contribution is 2.20. The van der Waals surface area contributed by atoms with Gasteiger partial charge in [0.2, 0.25) is 0 Å². The van der Waals surface area contributed by atoms with Crippen LogP contribution in [0.4, 0.5) is 11.4 Å². The number of pyridine rings is 1. The van der Waals surface area contributed by atoms with E-state index in [1.807, 2.05) is 6.20 Å². The second-order valence-electron chi connectivity index (χ2n) is 3.41. The van der Waals surface area contributed by atoms with E-state index in [2.05, 4.69) is 4.90 Å². The van der Waals surface area contributed by atoms with Crippen molar-refractivity contribution < 1.29 is 0 Å². The maximum atomic E-state index is 11.3. The van der Waals surface area contributed by atoms with Gasteiger partial charge in [-0.25, -0.2) is 0 Å². The molecule has 1 aliphatic rings. The van der Waals surface area contributed by atoms with Crippen LogP contribution in [0.3, 0.4) is 0 Å². The molecule has 0 unspecified atom stereocenters. The molecule has 1 saturated heterocycles. The monoisotopic (exact) mass is 179 g/mol. The lowest BCUT2D eigenvalue weighted by atomic mass is 10.2. The molecule has 1 aromatic heterocycles. The third-order valence-electron chi connectivity index (χ3n) is 2.42. The van der Waals surface area contributed by atoms with Crippen molar-refractivity contribution in [2.75, 3.05) is 23.7 Å². The van der Waals surface area contributed by atoms with Gasteiger partial charge in [-0.1, -0.05) is 0 Å². The molecular formula is C9H13N3O. The van der Waals surface area contributed by atoms with Crippen LogP contribution >= 0.6 is 0 Å². The minimum absolute atomic E-state index is 0.121. The molecule has 0 aliphatic carbocycles. The maximum absolute atomic E-state index is 11.3. The summed E-state index contributed by atoms with van der Waals surface area (Å²) in [7, 11) is 1.72. The average molecular weight is 179 g/mol. The van der Waals surface area contributed by atoms with Crippen molar-refractivity contribution in [1.82, 2.24) is 4.57 Å². The molecule has 1 fully saturated rings. The van der Waals surface area contributed by atoms with Gasteiger partial charge < -0.3 is 15.2 Å². The zero-order valence-electron chi connectivity index (χ0n) is 7.66. The Labute approximate surface area is 76.6 Å². The third-order valence-corrected chi connectivity index (χ3v) is 2.42. The van der Waals surface area contributed by atoms with Gasteiger partial charge in [-0.05, 0) is 12.5 Å². The van der Waals surface area contributed by atoms with E-state index in [0.29, 0.717) is 5.69 Å². The van der Waals surface area contributed by atoms with Crippen LogP contribution in [0.15, 0.2) is 17.1 Å². The highest BCUT2D eigenvalue weighted by atomic mass is 16.1. The lowest BCUT2D eigenvalue weighted by molar-refractivity contribution is 0.614. The highest BCUT2D eigenvalue weighted by Gasteiger charge is 2.15. The third kappa shape index (κ3) is 1.28. The molecule has 0 amide bonds. The van der Waals surface area contributed by atoms with Gasteiger partial charge >= 0.3 is 0 Å². The van der Waals surface area contributed by atoms with Crippen LogP contribution in [0.2, 0.25) is 0 Å². The standard InChI is InChI=1S/C9H13N3O/c1-11-6-7(12-3-2-4-12)5-8(10)9(11)13/h5-6H,2-4,10H2,1H3. The molecule has 1 aliphatic heterocycles. The lowest BCUT2D eigenvalue weighted by Gasteiger charge is -2.33.